The molecule has 1 aliphatic rings. The fourth-order valence-electron chi connectivity index (χ4n) is 1.75. The highest BCUT2D eigenvalue weighted by molar-refractivity contribution is 5.78. The minimum absolute atomic E-state index is 0.480. The van der Waals surface area contributed by atoms with Crippen molar-refractivity contribution >= 4 is 5.78 Å². The molecule has 1 fully saturated rings. The Bertz CT molecular complexity index is 131. The van der Waals surface area contributed by atoms with Crippen molar-refractivity contribution in [3.8, 4) is 0 Å². The summed E-state index contributed by atoms with van der Waals surface area (Å²) in [5.74, 6) is 0.480. The van der Waals surface area contributed by atoms with Gasteiger partial charge in [-0.3, -0.25) is 4.79 Å². The Morgan fingerprint density at radius 1 is 0.769 bits per heavy atom. The highest BCUT2D eigenvalue weighted by Crippen LogP contribution is 2.07. The molecule has 0 unspecified atom stereocenters. The monoisotopic (exact) mass is 183 g/mol. The summed E-state index contributed by atoms with van der Waals surface area (Å²) in [5.41, 5.74) is 0. The van der Waals surface area contributed by atoms with Crippen LogP contribution in [0.4, 0.5) is 0 Å². The molecule has 0 aliphatic carbocycles. The Balaban J connectivity index is 2.14. The van der Waals surface area contributed by atoms with Crippen molar-refractivity contribution in [3.63, 3.8) is 0 Å². The van der Waals surface area contributed by atoms with Crippen LogP contribution in [-0.4, -0.2) is 18.9 Å². The van der Waals surface area contributed by atoms with E-state index >= 15 is 0 Å². The van der Waals surface area contributed by atoms with Crippen LogP contribution in [0.2, 0.25) is 0 Å². The zero-order valence-corrected chi connectivity index (χ0v) is 8.48. The minimum Gasteiger partial charge on any atom is -0.317 e. The molecule has 0 aromatic heterocycles. The van der Waals surface area contributed by atoms with Gasteiger partial charge in [-0.2, -0.15) is 0 Å². The molecule has 1 rings (SSSR count). The first-order valence-corrected chi connectivity index (χ1v) is 5.62. The molecule has 1 aliphatic heterocycles. The molecule has 0 bridgehead atoms. The fraction of sp³-hybridized carbons (Fsp3) is 0.909. The van der Waals surface area contributed by atoms with Gasteiger partial charge < -0.3 is 5.32 Å². The smallest absolute Gasteiger partial charge is 0.132 e. The average Bonchev–Trinajstić information content (AvgIpc) is 2.11. The molecule has 0 aromatic rings. The van der Waals surface area contributed by atoms with Crippen LogP contribution in [0.15, 0.2) is 0 Å². The number of rotatable bonds is 0. The first-order valence-electron chi connectivity index (χ1n) is 5.62. The van der Waals surface area contributed by atoms with E-state index < -0.39 is 0 Å². The van der Waals surface area contributed by atoms with E-state index in [9.17, 15) is 4.79 Å². The van der Waals surface area contributed by atoms with Crippen LogP contribution in [0.1, 0.15) is 51.4 Å². The molecule has 0 radical (unpaired) electrons. The lowest BCUT2D eigenvalue weighted by Crippen LogP contribution is -2.17. The molecule has 0 amide bonds. The van der Waals surface area contributed by atoms with Crippen molar-refractivity contribution in [2.45, 2.75) is 51.4 Å². The molecule has 2 heteroatoms. The molecule has 0 aromatic carbocycles. The van der Waals surface area contributed by atoms with E-state index in [1.165, 1.54) is 25.7 Å². The number of carbonyl (C=O) groups is 1. The van der Waals surface area contributed by atoms with Crippen molar-refractivity contribution in [2.24, 2.45) is 0 Å². The standard InChI is InChI=1S/C11H21NO/c13-11-7-3-1-5-9-12-10-6-2-4-8-11/h12H,1-10H2. The van der Waals surface area contributed by atoms with E-state index in [2.05, 4.69) is 5.32 Å². The van der Waals surface area contributed by atoms with Gasteiger partial charge in [-0.15, -0.1) is 0 Å². The number of hydrogen-bond donors (Lipinski definition) is 1. The van der Waals surface area contributed by atoms with Gasteiger partial charge in [0.1, 0.15) is 5.78 Å². The van der Waals surface area contributed by atoms with Crippen molar-refractivity contribution in [1.82, 2.24) is 5.32 Å². The number of ketones is 1. The third kappa shape index (κ3) is 5.81. The SMILES string of the molecule is O=C1CCCCCNCCCCC1. The topological polar surface area (TPSA) is 29.1 Å². The summed E-state index contributed by atoms with van der Waals surface area (Å²) in [6.07, 6.45) is 8.71. The third-order valence-corrected chi connectivity index (χ3v) is 2.62. The quantitative estimate of drug-likeness (QED) is 0.624. The summed E-state index contributed by atoms with van der Waals surface area (Å²) < 4.78 is 0. The lowest BCUT2D eigenvalue weighted by atomic mass is 10.0. The number of carbonyl (C=O) groups excluding carboxylic acids is 1. The molecule has 13 heavy (non-hydrogen) atoms. The predicted molar refractivity (Wildman–Crippen MR) is 54.8 cm³/mol. The summed E-state index contributed by atoms with van der Waals surface area (Å²) in [6.45, 7) is 2.27. The lowest BCUT2D eigenvalue weighted by molar-refractivity contribution is -0.119. The number of nitrogens with one attached hydrogen (secondary N) is 1. The Labute approximate surface area is 81.1 Å². The first kappa shape index (κ1) is 10.7. The number of Topliss-reactive ketones (excluding diaryl/α,β-unsaturated/α-hetero) is 1. The van der Waals surface area contributed by atoms with E-state index in [1.807, 2.05) is 0 Å². The third-order valence-electron chi connectivity index (χ3n) is 2.62. The van der Waals surface area contributed by atoms with Gasteiger partial charge in [0.05, 0.1) is 0 Å². The highest BCUT2D eigenvalue weighted by atomic mass is 16.1. The van der Waals surface area contributed by atoms with Crippen molar-refractivity contribution in [3.05, 3.63) is 0 Å². The summed E-state index contributed by atoms with van der Waals surface area (Å²) >= 11 is 0. The molecule has 1 heterocycles. The lowest BCUT2D eigenvalue weighted by Gasteiger charge is -2.07. The van der Waals surface area contributed by atoms with E-state index in [-0.39, 0.29) is 0 Å². The maximum atomic E-state index is 11.3. The van der Waals surface area contributed by atoms with Crippen LogP contribution in [0.25, 0.3) is 0 Å². The Hall–Kier alpha value is -0.370. The fourth-order valence-corrected chi connectivity index (χ4v) is 1.75. The van der Waals surface area contributed by atoms with Crippen LogP contribution in [0, 0.1) is 0 Å². The molecular weight excluding hydrogens is 162 g/mol. The molecular formula is C11H21NO. The molecule has 1 N–H and O–H groups in total. The van der Waals surface area contributed by atoms with Crippen LogP contribution >= 0.6 is 0 Å². The second kappa shape index (κ2) is 7.07. The van der Waals surface area contributed by atoms with Gasteiger partial charge in [-0.1, -0.05) is 12.8 Å². The minimum atomic E-state index is 0.480. The molecule has 0 atom stereocenters. The molecule has 1 saturated heterocycles. The first-order chi connectivity index (χ1) is 6.39. The summed E-state index contributed by atoms with van der Waals surface area (Å²) in [5, 5.41) is 3.43. The Kier molecular flexibility index (Phi) is 5.83. The normalized spacial score (nSPS) is 23.2. The molecule has 2 nitrogen and oxygen atoms in total. The predicted octanol–water partition coefficient (Wildman–Crippen LogP) is 2.28. The second-order valence-electron chi connectivity index (χ2n) is 3.91. The second-order valence-corrected chi connectivity index (χ2v) is 3.91. The maximum Gasteiger partial charge on any atom is 0.132 e. The van der Waals surface area contributed by atoms with Crippen LogP contribution < -0.4 is 5.32 Å². The van der Waals surface area contributed by atoms with Gasteiger partial charge in [-0.25, -0.2) is 0 Å². The van der Waals surface area contributed by atoms with Crippen molar-refractivity contribution < 1.29 is 4.79 Å². The van der Waals surface area contributed by atoms with Crippen LogP contribution in [-0.2, 0) is 4.79 Å². The molecule has 0 saturated carbocycles. The zero-order valence-electron chi connectivity index (χ0n) is 8.48. The van der Waals surface area contributed by atoms with Crippen LogP contribution in [0.5, 0.6) is 0 Å². The maximum absolute atomic E-state index is 11.3. The molecule has 0 spiro atoms. The van der Waals surface area contributed by atoms with Crippen LogP contribution in [0.3, 0.4) is 0 Å². The van der Waals surface area contributed by atoms with Gasteiger partial charge >= 0.3 is 0 Å². The van der Waals surface area contributed by atoms with Crippen molar-refractivity contribution in [2.75, 3.05) is 13.1 Å². The largest absolute Gasteiger partial charge is 0.317 e. The Morgan fingerprint density at radius 2 is 1.31 bits per heavy atom. The van der Waals surface area contributed by atoms with E-state index in [4.69, 9.17) is 0 Å². The van der Waals surface area contributed by atoms with Gasteiger partial charge in [-0.05, 0) is 38.8 Å². The van der Waals surface area contributed by atoms with E-state index in [0.29, 0.717) is 5.78 Å². The van der Waals surface area contributed by atoms with E-state index in [0.717, 1.165) is 38.8 Å². The van der Waals surface area contributed by atoms with Gasteiger partial charge in [0.15, 0.2) is 0 Å². The zero-order chi connectivity index (χ0) is 9.36. The summed E-state index contributed by atoms with van der Waals surface area (Å²) in [7, 11) is 0. The van der Waals surface area contributed by atoms with Gasteiger partial charge in [0, 0.05) is 12.8 Å². The van der Waals surface area contributed by atoms with Gasteiger partial charge in [0.2, 0.25) is 0 Å². The molecule has 76 valence electrons. The summed E-state index contributed by atoms with van der Waals surface area (Å²) in [4.78, 5) is 11.3. The average molecular weight is 183 g/mol. The summed E-state index contributed by atoms with van der Waals surface area (Å²) in [6, 6.07) is 0. The van der Waals surface area contributed by atoms with Gasteiger partial charge in [0.25, 0.3) is 0 Å². The number of hydrogen-bond acceptors (Lipinski definition) is 2. The highest BCUT2D eigenvalue weighted by Gasteiger charge is 2.02. The Morgan fingerprint density at radius 3 is 1.85 bits per heavy atom. The van der Waals surface area contributed by atoms with E-state index in [1.54, 1.807) is 0 Å². The van der Waals surface area contributed by atoms with Crippen molar-refractivity contribution in [1.29, 1.82) is 0 Å².